The minimum Gasteiger partial charge on any atom is -0.506 e. The number of nitrogens with zero attached hydrogens (tertiary/aromatic N) is 1. The Balaban J connectivity index is 2.22. The maximum absolute atomic E-state index is 9.79. The summed E-state index contributed by atoms with van der Waals surface area (Å²) in [4.78, 5) is 0. The molecule has 1 saturated carbocycles. The van der Waals surface area contributed by atoms with Crippen LogP contribution in [0.4, 0.5) is 0 Å². The molecule has 0 radical (unpaired) electrons. The number of phenolic OH excluding ortho intramolecular Hbond substituents is 1. The third-order valence-corrected chi connectivity index (χ3v) is 2.87. The monoisotopic (exact) mass is 202 g/mol. The number of rotatable bonds is 3. The summed E-state index contributed by atoms with van der Waals surface area (Å²) in [5.74, 6) is 0.762. The maximum atomic E-state index is 9.79. The lowest BCUT2D eigenvalue weighted by Gasteiger charge is -2.13. The standard InChI is InChI=1S/C12H14N2O/c13-7-9-2-1-3-10(12(9)15)11(14)6-8-4-5-8/h1-3,8,11,15H,4-6,14H2/t11-/m1/s1. The molecule has 78 valence electrons. The lowest BCUT2D eigenvalue weighted by atomic mass is 9.99. The molecule has 1 aromatic rings. The fraction of sp³-hybridized carbons (Fsp3) is 0.417. The van der Waals surface area contributed by atoms with Crippen LogP contribution in [0.1, 0.15) is 36.4 Å². The summed E-state index contributed by atoms with van der Waals surface area (Å²) in [6.07, 6.45) is 3.39. The molecule has 15 heavy (non-hydrogen) atoms. The van der Waals surface area contributed by atoms with Gasteiger partial charge in [-0.1, -0.05) is 25.0 Å². The number of nitrogens with two attached hydrogens (primary N) is 1. The minimum atomic E-state index is -0.147. The lowest BCUT2D eigenvalue weighted by Crippen LogP contribution is -2.11. The van der Waals surface area contributed by atoms with Gasteiger partial charge in [0.25, 0.3) is 0 Å². The molecule has 3 heteroatoms. The summed E-state index contributed by atoms with van der Waals surface area (Å²) in [7, 11) is 0. The second-order valence-corrected chi connectivity index (χ2v) is 4.14. The molecule has 3 N–H and O–H groups in total. The van der Waals surface area contributed by atoms with Crippen molar-refractivity contribution in [2.24, 2.45) is 11.7 Å². The number of aromatic hydroxyl groups is 1. The Bertz CT molecular complexity index is 405. The van der Waals surface area contributed by atoms with Gasteiger partial charge in [0.05, 0.1) is 5.56 Å². The highest BCUT2D eigenvalue weighted by Gasteiger charge is 2.25. The van der Waals surface area contributed by atoms with Crippen LogP contribution >= 0.6 is 0 Å². The first-order chi connectivity index (χ1) is 7.22. The summed E-state index contributed by atoms with van der Waals surface area (Å²) < 4.78 is 0. The van der Waals surface area contributed by atoms with Crippen molar-refractivity contribution >= 4 is 0 Å². The number of benzene rings is 1. The average Bonchev–Trinajstić information content (AvgIpc) is 3.02. The molecule has 0 heterocycles. The minimum absolute atomic E-state index is 0.0492. The van der Waals surface area contributed by atoms with Gasteiger partial charge in [-0.25, -0.2) is 0 Å². The van der Waals surface area contributed by atoms with E-state index in [1.165, 1.54) is 12.8 Å². The Morgan fingerprint density at radius 2 is 2.27 bits per heavy atom. The van der Waals surface area contributed by atoms with E-state index in [-0.39, 0.29) is 11.8 Å². The zero-order chi connectivity index (χ0) is 10.8. The molecule has 0 saturated heterocycles. The first-order valence-electron chi connectivity index (χ1n) is 5.20. The van der Waals surface area contributed by atoms with Crippen molar-refractivity contribution in [1.29, 1.82) is 5.26 Å². The lowest BCUT2D eigenvalue weighted by molar-refractivity contribution is 0.454. The topological polar surface area (TPSA) is 70.0 Å². The molecule has 1 fully saturated rings. The second-order valence-electron chi connectivity index (χ2n) is 4.14. The Morgan fingerprint density at radius 3 is 2.87 bits per heavy atom. The van der Waals surface area contributed by atoms with Crippen LogP contribution in [0.25, 0.3) is 0 Å². The molecule has 0 aromatic heterocycles. The molecule has 0 spiro atoms. The van der Waals surface area contributed by atoms with Crippen LogP contribution in [0.2, 0.25) is 0 Å². The Morgan fingerprint density at radius 1 is 1.53 bits per heavy atom. The van der Waals surface area contributed by atoms with Crippen LogP contribution < -0.4 is 5.73 Å². The van der Waals surface area contributed by atoms with E-state index in [1.54, 1.807) is 18.2 Å². The van der Waals surface area contributed by atoms with Crippen LogP contribution in [-0.4, -0.2) is 5.11 Å². The fourth-order valence-electron chi connectivity index (χ4n) is 1.79. The summed E-state index contributed by atoms with van der Waals surface area (Å²) in [5, 5.41) is 18.6. The van der Waals surface area contributed by atoms with E-state index in [9.17, 15) is 5.11 Å². The summed E-state index contributed by atoms with van der Waals surface area (Å²) in [6.45, 7) is 0. The van der Waals surface area contributed by atoms with Crippen molar-refractivity contribution in [3.05, 3.63) is 29.3 Å². The fourth-order valence-corrected chi connectivity index (χ4v) is 1.79. The molecule has 1 aliphatic carbocycles. The predicted octanol–water partition coefficient (Wildman–Crippen LogP) is 2.06. The summed E-state index contributed by atoms with van der Waals surface area (Å²) >= 11 is 0. The summed E-state index contributed by atoms with van der Waals surface area (Å²) in [6, 6.07) is 6.97. The largest absolute Gasteiger partial charge is 0.506 e. The van der Waals surface area contributed by atoms with E-state index in [0.717, 1.165) is 6.42 Å². The van der Waals surface area contributed by atoms with Gasteiger partial charge in [-0.05, 0) is 18.4 Å². The van der Waals surface area contributed by atoms with E-state index in [2.05, 4.69) is 0 Å². The van der Waals surface area contributed by atoms with Crippen LogP contribution in [0, 0.1) is 17.2 Å². The van der Waals surface area contributed by atoms with Crippen molar-refractivity contribution in [2.75, 3.05) is 0 Å². The SMILES string of the molecule is N#Cc1cccc([C@H](N)CC2CC2)c1O. The second kappa shape index (κ2) is 3.92. The van der Waals surface area contributed by atoms with Crippen molar-refractivity contribution < 1.29 is 5.11 Å². The smallest absolute Gasteiger partial charge is 0.138 e. The van der Waals surface area contributed by atoms with Crippen molar-refractivity contribution in [3.63, 3.8) is 0 Å². The van der Waals surface area contributed by atoms with Gasteiger partial charge in [0.15, 0.2) is 0 Å². The molecule has 3 nitrogen and oxygen atoms in total. The highest BCUT2D eigenvalue weighted by Crippen LogP contribution is 2.38. The first kappa shape index (κ1) is 10.0. The molecular formula is C12H14N2O. The molecule has 2 rings (SSSR count). The quantitative estimate of drug-likeness (QED) is 0.788. The van der Waals surface area contributed by atoms with Crippen LogP contribution in [0.5, 0.6) is 5.75 Å². The Hall–Kier alpha value is -1.53. The highest BCUT2D eigenvalue weighted by atomic mass is 16.3. The first-order valence-corrected chi connectivity index (χ1v) is 5.20. The van der Waals surface area contributed by atoms with Crippen LogP contribution in [0.3, 0.4) is 0 Å². The third kappa shape index (κ3) is 2.11. The van der Waals surface area contributed by atoms with Crippen LogP contribution in [0.15, 0.2) is 18.2 Å². The number of hydrogen-bond acceptors (Lipinski definition) is 3. The van der Waals surface area contributed by atoms with Crippen molar-refractivity contribution in [1.82, 2.24) is 0 Å². The third-order valence-electron chi connectivity index (χ3n) is 2.87. The van der Waals surface area contributed by atoms with Gasteiger partial charge in [0.1, 0.15) is 11.8 Å². The van der Waals surface area contributed by atoms with E-state index in [0.29, 0.717) is 17.0 Å². The summed E-state index contributed by atoms with van der Waals surface area (Å²) in [5.41, 5.74) is 6.99. The van der Waals surface area contributed by atoms with Gasteiger partial charge in [0.2, 0.25) is 0 Å². The number of para-hydroxylation sites is 1. The average molecular weight is 202 g/mol. The molecule has 1 aromatic carbocycles. The maximum Gasteiger partial charge on any atom is 0.138 e. The van der Waals surface area contributed by atoms with Gasteiger partial charge >= 0.3 is 0 Å². The normalized spacial score (nSPS) is 17.1. The molecule has 0 amide bonds. The highest BCUT2D eigenvalue weighted by molar-refractivity contribution is 5.48. The molecule has 1 aliphatic rings. The molecule has 1 atom stereocenters. The zero-order valence-electron chi connectivity index (χ0n) is 8.48. The zero-order valence-corrected chi connectivity index (χ0v) is 8.48. The van der Waals surface area contributed by atoms with E-state index >= 15 is 0 Å². The Kier molecular flexibility index (Phi) is 2.61. The number of hydrogen-bond donors (Lipinski definition) is 2. The van der Waals surface area contributed by atoms with Gasteiger partial charge < -0.3 is 10.8 Å². The van der Waals surface area contributed by atoms with Crippen molar-refractivity contribution in [3.8, 4) is 11.8 Å². The van der Waals surface area contributed by atoms with Crippen LogP contribution in [-0.2, 0) is 0 Å². The van der Waals surface area contributed by atoms with Gasteiger partial charge in [-0.3, -0.25) is 0 Å². The van der Waals surface area contributed by atoms with E-state index in [4.69, 9.17) is 11.0 Å². The van der Waals surface area contributed by atoms with Gasteiger partial charge in [-0.2, -0.15) is 5.26 Å². The van der Waals surface area contributed by atoms with Gasteiger partial charge in [-0.15, -0.1) is 0 Å². The predicted molar refractivity (Wildman–Crippen MR) is 57.1 cm³/mol. The Labute approximate surface area is 89.1 Å². The van der Waals surface area contributed by atoms with Gasteiger partial charge in [0, 0.05) is 11.6 Å². The van der Waals surface area contributed by atoms with Crippen molar-refractivity contribution in [2.45, 2.75) is 25.3 Å². The molecule has 0 unspecified atom stereocenters. The number of nitriles is 1. The van der Waals surface area contributed by atoms with E-state index in [1.807, 2.05) is 6.07 Å². The molecule has 0 aliphatic heterocycles. The molecular weight excluding hydrogens is 188 g/mol. The van der Waals surface area contributed by atoms with E-state index < -0.39 is 0 Å². The molecule has 0 bridgehead atoms. The number of phenols is 1.